The van der Waals surface area contributed by atoms with E-state index in [4.69, 9.17) is 0 Å². The minimum Gasteiger partial charge on any atom is -0.337 e. The summed E-state index contributed by atoms with van der Waals surface area (Å²) in [5.74, 6) is 0.377. The van der Waals surface area contributed by atoms with Crippen molar-refractivity contribution in [2.45, 2.75) is 57.5 Å². The molecule has 0 N–H and O–H groups in total. The Bertz CT molecular complexity index is 174. The van der Waals surface area contributed by atoms with Gasteiger partial charge in [0.25, 0.3) is 0 Å². The van der Waals surface area contributed by atoms with Crippen LogP contribution in [0.5, 0.6) is 0 Å². The maximum atomic E-state index is 11.6. The van der Waals surface area contributed by atoms with Crippen LogP contribution in [-0.4, -0.2) is 22.9 Å². The zero-order chi connectivity index (χ0) is 8.55. The van der Waals surface area contributed by atoms with Crippen molar-refractivity contribution in [1.29, 1.82) is 0 Å². The number of fused-ring (bicyclic) bond motifs is 2. The summed E-state index contributed by atoms with van der Waals surface area (Å²) in [6.45, 7) is 1.97. The Hall–Kier alpha value is -0.530. The molecule has 2 saturated heterocycles. The van der Waals surface area contributed by atoms with E-state index in [1.807, 2.05) is 6.92 Å². The molecule has 0 saturated carbocycles. The smallest absolute Gasteiger partial charge is 0.222 e. The Labute approximate surface area is 73.9 Å². The minimum atomic E-state index is 0.377. The molecule has 0 radical (unpaired) electrons. The fourth-order valence-electron chi connectivity index (χ4n) is 2.71. The third-order valence-corrected chi connectivity index (χ3v) is 3.29. The van der Waals surface area contributed by atoms with Gasteiger partial charge in [-0.05, 0) is 32.1 Å². The molecule has 0 aromatic rings. The first-order valence-electron chi connectivity index (χ1n) is 5.14. The van der Waals surface area contributed by atoms with E-state index in [0.29, 0.717) is 24.4 Å². The second-order valence-corrected chi connectivity index (χ2v) is 3.97. The summed E-state index contributed by atoms with van der Waals surface area (Å²) in [5, 5.41) is 0. The van der Waals surface area contributed by atoms with Gasteiger partial charge in [-0.2, -0.15) is 0 Å². The lowest BCUT2D eigenvalue weighted by molar-refractivity contribution is -0.135. The molecule has 2 atom stereocenters. The normalized spacial score (nSPS) is 33.9. The van der Waals surface area contributed by atoms with Gasteiger partial charge in [0, 0.05) is 18.5 Å². The van der Waals surface area contributed by atoms with Crippen molar-refractivity contribution in [3.8, 4) is 0 Å². The first kappa shape index (κ1) is 8.09. The third-order valence-electron chi connectivity index (χ3n) is 3.29. The molecule has 2 aliphatic heterocycles. The number of hydrogen-bond donors (Lipinski definition) is 0. The quantitative estimate of drug-likeness (QED) is 0.584. The maximum Gasteiger partial charge on any atom is 0.222 e. The average Bonchev–Trinajstić information content (AvgIpc) is 2.35. The van der Waals surface area contributed by atoms with Crippen LogP contribution in [0.4, 0.5) is 0 Å². The summed E-state index contributed by atoms with van der Waals surface area (Å²) < 4.78 is 0. The molecule has 1 amide bonds. The van der Waals surface area contributed by atoms with Crippen molar-refractivity contribution in [3.63, 3.8) is 0 Å². The second kappa shape index (κ2) is 3.08. The van der Waals surface area contributed by atoms with Crippen LogP contribution < -0.4 is 0 Å². The van der Waals surface area contributed by atoms with Gasteiger partial charge >= 0.3 is 0 Å². The largest absolute Gasteiger partial charge is 0.337 e. The highest BCUT2D eigenvalue weighted by Crippen LogP contribution is 2.35. The monoisotopic (exact) mass is 167 g/mol. The summed E-state index contributed by atoms with van der Waals surface area (Å²) in [6, 6.07) is 1.22. The second-order valence-electron chi connectivity index (χ2n) is 3.97. The van der Waals surface area contributed by atoms with Crippen LogP contribution in [0, 0.1) is 0 Å². The molecule has 0 aliphatic carbocycles. The standard InChI is InChI=1S/C10H17NO/c1-2-10(12)11-8-4-3-5-9(11)7-6-8/h8-9H,2-7H2,1H3. The fraction of sp³-hybridized carbons (Fsp3) is 0.900. The number of hydrogen-bond acceptors (Lipinski definition) is 1. The molecular weight excluding hydrogens is 150 g/mol. The van der Waals surface area contributed by atoms with Crippen LogP contribution in [0.15, 0.2) is 0 Å². The molecule has 2 heterocycles. The van der Waals surface area contributed by atoms with Gasteiger partial charge in [0.15, 0.2) is 0 Å². The van der Waals surface area contributed by atoms with Crippen LogP contribution in [-0.2, 0) is 4.79 Å². The van der Waals surface area contributed by atoms with Gasteiger partial charge in [0.2, 0.25) is 5.91 Å². The average molecular weight is 167 g/mol. The molecule has 0 spiro atoms. The van der Waals surface area contributed by atoms with E-state index in [0.717, 1.165) is 0 Å². The number of carbonyl (C=O) groups is 1. The SMILES string of the molecule is CCC(=O)N1C2CCCC1CC2. The molecule has 2 unspecified atom stereocenters. The summed E-state index contributed by atoms with van der Waals surface area (Å²) in [7, 11) is 0. The minimum absolute atomic E-state index is 0.377. The highest BCUT2D eigenvalue weighted by atomic mass is 16.2. The molecule has 0 aromatic carbocycles. The van der Waals surface area contributed by atoms with E-state index in [1.54, 1.807) is 0 Å². The van der Waals surface area contributed by atoms with E-state index in [-0.39, 0.29) is 0 Å². The van der Waals surface area contributed by atoms with Gasteiger partial charge in [-0.1, -0.05) is 6.92 Å². The molecule has 2 heteroatoms. The highest BCUT2D eigenvalue weighted by molar-refractivity contribution is 5.77. The van der Waals surface area contributed by atoms with E-state index in [1.165, 1.54) is 32.1 Å². The summed E-state index contributed by atoms with van der Waals surface area (Å²) in [5.41, 5.74) is 0. The number of amides is 1. The van der Waals surface area contributed by atoms with E-state index < -0.39 is 0 Å². The van der Waals surface area contributed by atoms with Crippen molar-refractivity contribution < 1.29 is 4.79 Å². The Morgan fingerprint density at radius 1 is 1.25 bits per heavy atom. The number of piperidine rings is 1. The predicted octanol–water partition coefficient (Wildman–Crippen LogP) is 1.94. The Morgan fingerprint density at radius 2 is 1.83 bits per heavy atom. The lowest BCUT2D eigenvalue weighted by Gasteiger charge is -2.34. The lowest BCUT2D eigenvalue weighted by Crippen LogP contribution is -2.43. The molecule has 0 aromatic heterocycles. The van der Waals surface area contributed by atoms with Gasteiger partial charge in [-0.25, -0.2) is 0 Å². The molecule has 2 rings (SSSR count). The predicted molar refractivity (Wildman–Crippen MR) is 47.8 cm³/mol. The molecule has 12 heavy (non-hydrogen) atoms. The Kier molecular flexibility index (Phi) is 2.07. The van der Waals surface area contributed by atoms with E-state index in [9.17, 15) is 4.79 Å². The van der Waals surface area contributed by atoms with Gasteiger partial charge in [0.05, 0.1) is 0 Å². The fourth-order valence-corrected chi connectivity index (χ4v) is 2.71. The van der Waals surface area contributed by atoms with Crippen molar-refractivity contribution in [3.05, 3.63) is 0 Å². The van der Waals surface area contributed by atoms with Crippen molar-refractivity contribution >= 4 is 5.91 Å². The van der Waals surface area contributed by atoms with Crippen LogP contribution in [0.3, 0.4) is 0 Å². The third kappa shape index (κ3) is 1.13. The molecule has 2 fully saturated rings. The first-order chi connectivity index (χ1) is 5.83. The zero-order valence-corrected chi connectivity index (χ0v) is 7.75. The van der Waals surface area contributed by atoms with Crippen LogP contribution >= 0.6 is 0 Å². The molecular formula is C10H17NO. The number of carbonyl (C=O) groups excluding carboxylic acids is 1. The van der Waals surface area contributed by atoms with Crippen LogP contribution in [0.25, 0.3) is 0 Å². The Morgan fingerprint density at radius 3 is 2.33 bits per heavy atom. The summed E-state index contributed by atoms with van der Waals surface area (Å²) in [6.07, 6.45) is 7.05. The molecule has 2 aliphatic rings. The van der Waals surface area contributed by atoms with Crippen molar-refractivity contribution in [1.82, 2.24) is 4.90 Å². The van der Waals surface area contributed by atoms with Gasteiger partial charge in [-0.3, -0.25) is 4.79 Å². The highest BCUT2D eigenvalue weighted by Gasteiger charge is 2.38. The van der Waals surface area contributed by atoms with Gasteiger partial charge < -0.3 is 4.90 Å². The van der Waals surface area contributed by atoms with Gasteiger partial charge in [0.1, 0.15) is 0 Å². The molecule has 2 nitrogen and oxygen atoms in total. The topological polar surface area (TPSA) is 20.3 Å². The van der Waals surface area contributed by atoms with E-state index >= 15 is 0 Å². The van der Waals surface area contributed by atoms with Gasteiger partial charge in [-0.15, -0.1) is 0 Å². The molecule has 2 bridgehead atoms. The first-order valence-corrected chi connectivity index (χ1v) is 5.14. The Balaban J connectivity index is 2.10. The number of nitrogens with zero attached hydrogens (tertiary/aromatic N) is 1. The summed E-state index contributed by atoms with van der Waals surface area (Å²) >= 11 is 0. The maximum absolute atomic E-state index is 11.6. The summed E-state index contributed by atoms with van der Waals surface area (Å²) in [4.78, 5) is 13.7. The van der Waals surface area contributed by atoms with Crippen molar-refractivity contribution in [2.75, 3.05) is 0 Å². The lowest BCUT2D eigenvalue weighted by atomic mass is 10.0. The molecule has 68 valence electrons. The number of rotatable bonds is 1. The van der Waals surface area contributed by atoms with Crippen molar-refractivity contribution in [2.24, 2.45) is 0 Å². The zero-order valence-electron chi connectivity index (χ0n) is 7.75. The van der Waals surface area contributed by atoms with Crippen LogP contribution in [0.2, 0.25) is 0 Å². The van der Waals surface area contributed by atoms with E-state index in [2.05, 4.69) is 4.90 Å². The van der Waals surface area contributed by atoms with Crippen LogP contribution in [0.1, 0.15) is 45.4 Å².